The molecule has 0 aliphatic rings. The lowest BCUT2D eigenvalue weighted by molar-refractivity contribution is -0.142. The fourth-order valence-electron chi connectivity index (χ4n) is 2.57. The predicted molar refractivity (Wildman–Crippen MR) is 120 cm³/mol. The first-order chi connectivity index (χ1) is 13.7. The van der Waals surface area contributed by atoms with Crippen molar-refractivity contribution in [2.45, 2.75) is 26.4 Å². The van der Waals surface area contributed by atoms with Crippen molar-refractivity contribution in [3.05, 3.63) is 61.5 Å². The summed E-state index contributed by atoms with van der Waals surface area (Å²) in [7, 11) is 0. The lowest BCUT2D eigenvalue weighted by Gasteiger charge is -2.29. The van der Waals surface area contributed by atoms with Gasteiger partial charge < -0.3 is 15.0 Å². The number of amides is 2. The third-order valence-electron chi connectivity index (χ3n) is 4.15. The molecule has 156 valence electrons. The lowest BCUT2D eigenvalue weighted by atomic mass is 10.1. The summed E-state index contributed by atoms with van der Waals surface area (Å²) in [5.41, 5.74) is 0.557. The second-order valence-electron chi connectivity index (χ2n) is 6.16. The normalized spacial score (nSPS) is 11.7. The molecule has 0 saturated carbocycles. The van der Waals surface area contributed by atoms with E-state index in [2.05, 4.69) is 21.2 Å². The quantitative estimate of drug-likeness (QED) is 0.509. The van der Waals surface area contributed by atoms with Crippen molar-refractivity contribution in [3.63, 3.8) is 0 Å². The molecule has 1 atom stereocenters. The van der Waals surface area contributed by atoms with Crippen LogP contribution in [-0.2, 0) is 16.1 Å². The number of nitrogens with one attached hydrogen (secondary N) is 1. The predicted octanol–water partition coefficient (Wildman–Crippen LogP) is 5.34. The molecular formula is C20H20BrCl3N2O3. The van der Waals surface area contributed by atoms with Gasteiger partial charge in [-0.15, -0.1) is 0 Å². The van der Waals surface area contributed by atoms with E-state index < -0.39 is 11.9 Å². The second kappa shape index (κ2) is 11.1. The molecule has 29 heavy (non-hydrogen) atoms. The maximum absolute atomic E-state index is 13.0. The average molecular weight is 523 g/mol. The van der Waals surface area contributed by atoms with Crippen molar-refractivity contribution >= 4 is 62.5 Å². The summed E-state index contributed by atoms with van der Waals surface area (Å²) in [6, 6.07) is 9.40. The highest BCUT2D eigenvalue weighted by molar-refractivity contribution is 9.10. The number of rotatable bonds is 8. The van der Waals surface area contributed by atoms with Crippen molar-refractivity contribution in [1.29, 1.82) is 0 Å². The van der Waals surface area contributed by atoms with Gasteiger partial charge in [0.2, 0.25) is 5.91 Å². The molecule has 0 aliphatic carbocycles. The molecular weight excluding hydrogens is 502 g/mol. The topological polar surface area (TPSA) is 58.6 Å². The Labute approximate surface area is 193 Å². The van der Waals surface area contributed by atoms with Gasteiger partial charge in [0.15, 0.2) is 6.61 Å². The molecule has 0 unspecified atom stereocenters. The van der Waals surface area contributed by atoms with Gasteiger partial charge in [-0.25, -0.2) is 0 Å². The molecule has 0 bridgehead atoms. The Hall–Kier alpha value is -1.47. The van der Waals surface area contributed by atoms with Gasteiger partial charge in [0, 0.05) is 33.2 Å². The largest absolute Gasteiger partial charge is 0.482 e. The van der Waals surface area contributed by atoms with Crippen LogP contribution in [-0.4, -0.2) is 35.9 Å². The van der Waals surface area contributed by atoms with E-state index in [1.807, 2.05) is 0 Å². The van der Waals surface area contributed by atoms with Gasteiger partial charge in [-0.05, 0) is 44.2 Å². The molecule has 2 amide bonds. The first kappa shape index (κ1) is 23.8. The number of carbonyl (C=O) groups is 2. The van der Waals surface area contributed by atoms with E-state index in [1.165, 1.54) is 4.90 Å². The van der Waals surface area contributed by atoms with Gasteiger partial charge in [-0.1, -0.05) is 56.8 Å². The van der Waals surface area contributed by atoms with Crippen LogP contribution >= 0.6 is 50.7 Å². The molecule has 2 rings (SSSR count). The van der Waals surface area contributed by atoms with E-state index in [0.717, 1.165) is 4.47 Å². The zero-order valence-corrected chi connectivity index (χ0v) is 19.7. The van der Waals surface area contributed by atoms with Crippen LogP contribution in [0.25, 0.3) is 0 Å². The van der Waals surface area contributed by atoms with E-state index >= 15 is 0 Å². The maximum atomic E-state index is 13.0. The molecule has 0 aromatic heterocycles. The summed E-state index contributed by atoms with van der Waals surface area (Å²) in [4.78, 5) is 26.7. The molecule has 0 heterocycles. The summed E-state index contributed by atoms with van der Waals surface area (Å²) >= 11 is 22.0. The molecule has 0 spiro atoms. The first-order valence-corrected chi connectivity index (χ1v) is 10.7. The van der Waals surface area contributed by atoms with Crippen LogP contribution in [0.2, 0.25) is 15.1 Å². The number of benzene rings is 2. The first-order valence-electron chi connectivity index (χ1n) is 8.82. The van der Waals surface area contributed by atoms with Crippen LogP contribution in [0.1, 0.15) is 19.4 Å². The highest BCUT2D eigenvalue weighted by atomic mass is 79.9. The lowest BCUT2D eigenvalue weighted by Crippen LogP contribution is -2.49. The Morgan fingerprint density at radius 2 is 1.79 bits per heavy atom. The molecule has 0 saturated heterocycles. The van der Waals surface area contributed by atoms with Gasteiger partial charge in [-0.3, -0.25) is 9.59 Å². The van der Waals surface area contributed by atoms with Crippen LogP contribution in [0.3, 0.4) is 0 Å². The summed E-state index contributed by atoms with van der Waals surface area (Å²) in [5, 5.41) is 3.91. The molecule has 2 aromatic rings. The Morgan fingerprint density at radius 1 is 1.14 bits per heavy atom. The molecule has 9 heteroatoms. The van der Waals surface area contributed by atoms with Crippen LogP contribution < -0.4 is 10.1 Å². The number of likely N-dealkylation sites (N-methyl/N-ethyl adjacent to an activating group) is 1. The van der Waals surface area contributed by atoms with Crippen molar-refractivity contribution in [2.24, 2.45) is 0 Å². The molecule has 0 radical (unpaired) electrons. The van der Waals surface area contributed by atoms with Crippen LogP contribution in [0.4, 0.5) is 0 Å². The number of halogens is 4. The number of hydrogen-bond donors (Lipinski definition) is 1. The summed E-state index contributed by atoms with van der Waals surface area (Å²) in [6.07, 6.45) is 0. The number of carbonyl (C=O) groups excluding carboxylic acids is 2. The van der Waals surface area contributed by atoms with Gasteiger partial charge in [-0.2, -0.15) is 0 Å². The highest BCUT2D eigenvalue weighted by Crippen LogP contribution is 2.29. The Balaban J connectivity index is 2.23. The highest BCUT2D eigenvalue weighted by Gasteiger charge is 2.27. The van der Waals surface area contributed by atoms with E-state index in [9.17, 15) is 9.59 Å². The minimum absolute atomic E-state index is 0.0626. The van der Waals surface area contributed by atoms with Crippen LogP contribution in [0.5, 0.6) is 5.75 Å². The zero-order valence-electron chi connectivity index (χ0n) is 15.8. The fraction of sp³-hybridized carbons (Fsp3) is 0.300. The Bertz CT molecular complexity index is 875. The molecule has 0 fully saturated rings. The maximum Gasteiger partial charge on any atom is 0.261 e. The van der Waals surface area contributed by atoms with Crippen LogP contribution in [0.15, 0.2) is 40.9 Å². The molecule has 2 aromatic carbocycles. The standard InChI is InChI=1S/C20H20BrCl3N2O3/c1-3-25-20(28)12(2)26(10-14-15(22)5-4-6-16(14)23)19(27)11-29-18-8-7-13(21)9-17(18)24/h4-9,12H,3,10-11H2,1-2H3,(H,25,28)/t12-/m0/s1. The number of nitrogens with zero attached hydrogens (tertiary/aromatic N) is 1. The minimum atomic E-state index is -0.751. The Morgan fingerprint density at radius 3 is 2.38 bits per heavy atom. The van der Waals surface area contributed by atoms with Gasteiger partial charge >= 0.3 is 0 Å². The van der Waals surface area contributed by atoms with E-state index in [0.29, 0.717) is 32.9 Å². The summed E-state index contributed by atoms with van der Waals surface area (Å²) in [5.74, 6) is -0.325. The number of ether oxygens (including phenoxy) is 1. The summed E-state index contributed by atoms with van der Waals surface area (Å²) in [6.45, 7) is 3.66. The minimum Gasteiger partial charge on any atom is -0.482 e. The third kappa shape index (κ3) is 6.51. The van der Waals surface area contributed by atoms with Crippen molar-refractivity contribution in [1.82, 2.24) is 10.2 Å². The van der Waals surface area contributed by atoms with Gasteiger partial charge in [0.05, 0.1) is 5.02 Å². The number of hydrogen-bond acceptors (Lipinski definition) is 3. The molecule has 1 N–H and O–H groups in total. The van der Waals surface area contributed by atoms with E-state index in [4.69, 9.17) is 39.5 Å². The second-order valence-corrected chi connectivity index (χ2v) is 8.29. The molecule has 0 aliphatic heterocycles. The third-order valence-corrected chi connectivity index (χ3v) is 5.65. The van der Waals surface area contributed by atoms with Crippen molar-refractivity contribution in [2.75, 3.05) is 13.2 Å². The SMILES string of the molecule is CCNC(=O)[C@H](C)N(Cc1c(Cl)cccc1Cl)C(=O)COc1ccc(Br)cc1Cl. The molecule has 5 nitrogen and oxygen atoms in total. The zero-order chi connectivity index (χ0) is 21.6. The Kier molecular flexibility index (Phi) is 9.08. The van der Waals surface area contributed by atoms with Crippen molar-refractivity contribution < 1.29 is 14.3 Å². The van der Waals surface area contributed by atoms with E-state index in [1.54, 1.807) is 50.2 Å². The van der Waals surface area contributed by atoms with E-state index in [-0.39, 0.29) is 19.1 Å². The fourth-order valence-corrected chi connectivity index (χ4v) is 3.82. The smallest absolute Gasteiger partial charge is 0.261 e. The van der Waals surface area contributed by atoms with Gasteiger partial charge in [0.1, 0.15) is 11.8 Å². The monoisotopic (exact) mass is 520 g/mol. The average Bonchev–Trinajstić information content (AvgIpc) is 2.66. The van der Waals surface area contributed by atoms with Crippen molar-refractivity contribution in [3.8, 4) is 5.75 Å². The summed E-state index contributed by atoms with van der Waals surface area (Å²) < 4.78 is 6.37. The van der Waals surface area contributed by atoms with Gasteiger partial charge in [0.25, 0.3) is 5.91 Å². The van der Waals surface area contributed by atoms with Crippen LogP contribution in [0, 0.1) is 0 Å².